The standard InChI is InChI=1S/C27H27Cl3N2O/c28-19-10-12-21-18(15-19)7-4-8-22-26(25(33)14-9-17-5-2-1-3-6-17)31-32(27(21)22)24-13-11-20(29)16-23(24)30/h10-13,15-17H,1-9,14H2. The average molecular weight is 502 g/mol. The Kier molecular flexibility index (Phi) is 6.83. The van der Waals surface area contributed by atoms with Crippen LogP contribution in [0.3, 0.4) is 0 Å². The number of aryl methyl sites for hydroxylation is 1. The van der Waals surface area contributed by atoms with Gasteiger partial charge in [0.15, 0.2) is 5.78 Å². The number of carbonyl (C=O) groups is 1. The van der Waals surface area contributed by atoms with Gasteiger partial charge < -0.3 is 0 Å². The van der Waals surface area contributed by atoms with E-state index in [1.54, 1.807) is 12.1 Å². The Morgan fingerprint density at radius 2 is 1.70 bits per heavy atom. The maximum Gasteiger partial charge on any atom is 0.183 e. The third-order valence-corrected chi connectivity index (χ3v) is 7.86. The lowest BCUT2D eigenvalue weighted by Gasteiger charge is -2.20. The quantitative estimate of drug-likeness (QED) is 0.328. The molecule has 0 amide bonds. The Bertz CT molecular complexity index is 1190. The zero-order valence-electron chi connectivity index (χ0n) is 18.5. The first kappa shape index (κ1) is 23.0. The number of hydrogen-bond donors (Lipinski definition) is 0. The molecule has 0 saturated heterocycles. The molecule has 33 heavy (non-hydrogen) atoms. The van der Waals surface area contributed by atoms with Crippen LogP contribution in [0.4, 0.5) is 0 Å². The molecule has 1 heterocycles. The fraction of sp³-hybridized carbons (Fsp3) is 0.407. The van der Waals surface area contributed by atoms with E-state index in [0.717, 1.165) is 53.2 Å². The number of nitrogens with zero attached hydrogens (tertiary/aromatic N) is 2. The fourth-order valence-corrected chi connectivity index (χ4v) is 6.08. The molecule has 0 atom stereocenters. The van der Waals surface area contributed by atoms with E-state index in [1.807, 2.05) is 28.9 Å². The highest BCUT2D eigenvalue weighted by molar-refractivity contribution is 6.35. The number of Topliss-reactive ketones (excluding diaryl/α,β-unsaturated/α-hetero) is 1. The zero-order chi connectivity index (χ0) is 22.9. The summed E-state index contributed by atoms with van der Waals surface area (Å²) in [5, 5.41) is 6.68. The van der Waals surface area contributed by atoms with Gasteiger partial charge in [-0.15, -0.1) is 0 Å². The van der Waals surface area contributed by atoms with Gasteiger partial charge in [0, 0.05) is 27.6 Å². The Morgan fingerprint density at radius 3 is 2.48 bits per heavy atom. The van der Waals surface area contributed by atoms with Gasteiger partial charge in [-0.25, -0.2) is 4.68 Å². The zero-order valence-corrected chi connectivity index (χ0v) is 20.8. The summed E-state index contributed by atoms with van der Waals surface area (Å²) in [5.41, 5.74) is 5.53. The van der Waals surface area contributed by atoms with E-state index < -0.39 is 0 Å². The number of fused-ring (bicyclic) bond motifs is 3. The van der Waals surface area contributed by atoms with Crippen LogP contribution in [-0.4, -0.2) is 15.6 Å². The lowest BCUT2D eigenvalue weighted by atomic mass is 9.85. The van der Waals surface area contributed by atoms with Crippen molar-refractivity contribution in [1.29, 1.82) is 0 Å². The molecule has 2 aliphatic carbocycles. The first-order valence-electron chi connectivity index (χ1n) is 11.9. The molecule has 0 unspecified atom stereocenters. The molecule has 0 bridgehead atoms. The Balaban J connectivity index is 1.60. The highest BCUT2D eigenvalue weighted by Gasteiger charge is 2.29. The molecule has 0 spiro atoms. The summed E-state index contributed by atoms with van der Waals surface area (Å²) in [6.07, 6.45) is 10.6. The van der Waals surface area contributed by atoms with Gasteiger partial charge in [0.1, 0.15) is 5.69 Å². The summed E-state index contributed by atoms with van der Waals surface area (Å²) in [4.78, 5) is 13.5. The molecule has 0 radical (unpaired) electrons. The second-order valence-corrected chi connectivity index (χ2v) is 10.6. The SMILES string of the molecule is O=C(CCC1CCCCC1)c1nn(-c2ccc(Cl)cc2Cl)c2c1CCCc1cc(Cl)ccc1-2. The summed E-state index contributed by atoms with van der Waals surface area (Å²) in [5.74, 6) is 0.801. The minimum atomic E-state index is 0.137. The Labute approximate surface area is 210 Å². The minimum absolute atomic E-state index is 0.137. The number of ketones is 1. The van der Waals surface area contributed by atoms with E-state index in [4.69, 9.17) is 39.9 Å². The number of halogens is 3. The molecule has 172 valence electrons. The highest BCUT2D eigenvalue weighted by Crippen LogP contribution is 2.39. The Hall–Kier alpha value is -1.81. The van der Waals surface area contributed by atoms with Crippen LogP contribution in [0.25, 0.3) is 16.9 Å². The Morgan fingerprint density at radius 1 is 0.939 bits per heavy atom. The molecule has 0 N–H and O–H groups in total. The molecule has 3 aromatic rings. The van der Waals surface area contributed by atoms with Crippen molar-refractivity contribution in [3.05, 3.63) is 68.3 Å². The molecule has 2 aliphatic rings. The number of benzene rings is 2. The number of aromatic nitrogens is 2. The van der Waals surface area contributed by atoms with Crippen molar-refractivity contribution < 1.29 is 4.79 Å². The summed E-state index contributed by atoms with van der Waals surface area (Å²) in [6.45, 7) is 0. The van der Waals surface area contributed by atoms with Crippen LogP contribution in [0.15, 0.2) is 36.4 Å². The average Bonchev–Trinajstić information content (AvgIpc) is 3.07. The predicted octanol–water partition coefficient (Wildman–Crippen LogP) is 8.53. The first-order valence-corrected chi connectivity index (χ1v) is 13.0. The maximum absolute atomic E-state index is 13.5. The van der Waals surface area contributed by atoms with E-state index in [2.05, 4.69) is 0 Å². The number of carbonyl (C=O) groups excluding carboxylic acids is 1. The smallest absolute Gasteiger partial charge is 0.183 e. The number of hydrogen-bond acceptors (Lipinski definition) is 2. The van der Waals surface area contributed by atoms with Gasteiger partial charge in [0.25, 0.3) is 0 Å². The van der Waals surface area contributed by atoms with E-state index in [9.17, 15) is 4.79 Å². The summed E-state index contributed by atoms with van der Waals surface area (Å²) in [6, 6.07) is 11.4. The van der Waals surface area contributed by atoms with Crippen molar-refractivity contribution in [3.8, 4) is 16.9 Å². The lowest BCUT2D eigenvalue weighted by Crippen LogP contribution is -2.11. The molecule has 5 rings (SSSR count). The van der Waals surface area contributed by atoms with Crippen molar-refractivity contribution in [1.82, 2.24) is 9.78 Å². The topological polar surface area (TPSA) is 34.9 Å². The van der Waals surface area contributed by atoms with Gasteiger partial charge in [-0.2, -0.15) is 5.10 Å². The van der Waals surface area contributed by atoms with Crippen LogP contribution in [-0.2, 0) is 12.8 Å². The van der Waals surface area contributed by atoms with E-state index in [1.165, 1.54) is 37.7 Å². The van der Waals surface area contributed by atoms with Crippen molar-refractivity contribution in [2.45, 2.75) is 64.2 Å². The normalized spacial score (nSPS) is 16.2. The molecule has 6 heteroatoms. The number of rotatable bonds is 5. The second kappa shape index (κ2) is 9.82. The monoisotopic (exact) mass is 500 g/mol. The third-order valence-electron chi connectivity index (χ3n) is 7.09. The molecule has 1 aromatic heterocycles. The van der Waals surface area contributed by atoms with Crippen LogP contribution < -0.4 is 0 Å². The van der Waals surface area contributed by atoms with Gasteiger partial charge in [-0.05, 0) is 67.5 Å². The summed E-state index contributed by atoms with van der Waals surface area (Å²) >= 11 is 19.1. The third kappa shape index (κ3) is 4.73. The van der Waals surface area contributed by atoms with E-state index in [-0.39, 0.29) is 5.78 Å². The molecule has 0 aliphatic heterocycles. The van der Waals surface area contributed by atoms with Crippen molar-refractivity contribution >= 4 is 40.6 Å². The van der Waals surface area contributed by atoms with E-state index in [0.29, 0.717) is 28.1 Å². The first-order chi connectivity index (χ1) is 16.0. The molecule has 2 aromatic carbocycles. The van der Waals surface area contributed by atoms with Crippen molar-refractivity contribution in [3.63, 3.8) is 0 Å². The molecule has 1 saturated carbocycles. The van der Waals surface area contributed by atoms with Crippen molar-refractivity contribution in [2.24, 2.45) is 5.92 Å². The molecule has 1 fully saturated rings. The van der Waals surface area contributed by atoms with Gasteiger partial charge in [-0.1, -0.05) is 73.0 Å². The fourth-order valence-electron chi connectivity index (χ4n) is 5.40. The van der Waals surface area contributed by atoms with Crippen LogP contribution in [0.5, 0.6) is 0 Å². The van der Waals surface area contributed by atoms with Crippen LogP contribution in [0.2, 0.25) is 15.1 Å². The molecule has 3 nitrogen and oxygen atoms in total. The molecular weight excluding hydrogens is 475 g/mol. The summed E-state index contributed by atoms with van der Waals surface area (Å²) < 4.78 is 1.85. The van der Waals surface area contributed by atoms with Crippen LogP contribution in [0, 0.1) is 5.92 Å². The molecular formula is C27H27Cl3N2O. The second-order valence-electron chi connectivity index (χ2n) is 9.30. The van der Waals surface area contributed by atoms with Crippen LogP contribution >= 0.6 is 34.8 Å². The largest absolute Gasteiger partial charge is 0.292 e. The van der Waals surface area contributed by atoms with E-state index >= 15 is 0 Å². The predicted molar refractivity (Wildman–Crippen MR) is 136 cm³/mol. The van der Waals surface area contributed by atoms with Crippen LogP contribution in [0.1, 0.15) is 73.0 Å². The van der Waals surface area contributed by atoms with Crippen molar-refractivity contribution in [2.75, 3.05) is 0 Å². The van der Waals surface area contributed by atoms with Gasteiger partial charge in [0.2, 0.25) is 0 Å². The lowest BCUT2D eigenvalue weighted by molar-refractivity contribution is 0.0964. The van der Waals surface area contributed by atoms with Gasteiger partial charge in [0.05, 0.1) is 16.4 Å². The maximum atomic E-state index is 13.5. The van der Waals surface area contributed by atoms with Gasteiger partial charge >= 0.3 is 0 Å². The highest BCUT2D eigenvalue weighted by atomic mass is 35.5. The van der Waals surface area contributed by atoms with Gasteiger partial charge in [-0.3, -0.25) is 4.79 Å². The summed E-state index contributed by atoms with van der Waals surface area (Å²) in [7, 11) is 0. The minimum Gasteiger partial charge on any atom is -0.292 e.